The summed E-state index contributed by atoms with van der Waals surface area (Å²) in [6.07, 6.45) is 0. The Balaban J connectivity index is 2.16. The van der Waals surface area contributed by atoms with Crippen molar-refractivity contribution in [2.24, 2.45) is 0 Å². The molecule has 2 N–H and O–H groups in total. The molecule has 0 fully saturated rings. The first-order chi connectivity index (χ1) is 10.2. The second-order valence-electron chi connectivity index (χ2n) is 5.11. The van der Waals surface area contributed by atoms with Gasteiger partial charge >= 0.3 is 0 Å². The summed E-state index contributed by atoms with van der Waals surface area (Å²) >= 11 is 0. The van der Waals surface area contributed by atoms with E-state index in [2.05, 4.69) is 17.3 Å². The zero-order valence-corrected chi connectivity index (χ0v) is 12.8. The van der Waals surface area contributed by atoms with Crippen LogP contribution in [0.5, 0.6) is 0 Å². The van der Waals surface area contributed by atoms with Gasteiger partial charge in [0.25, 0.3) is 0 Å². The number of ether oxygens (including phenoxy) is 1. The van der Waals surface area contributed by atoms with Crippen LogP contribution >= 0.6 is 0 Å². The summed E-state index contributed by atoms with van der Waals surface area (Å²) in [5, 5.41) is 17.2. The fraction of sp³-hybridized carbons (Fsp3) is 0.438. The molecule has 0 saturated heterocycles. The van der Waals surface area contributed by atoms with Gasteiger partial charge < -0.3 is 15.2 Å². The molecule has 2 aromatic rings. The molecule has 1 unspecified atom stereocenters. The van der Waals surface area contributed by atoms with Crippen LogP contribution < -0.4 is 5.32 Å². The van der Waals surface area contributed by atoms with Crippen molar-refractivity contribution in [3.63, 3.8) is 0 Å². The minimum atomic E-state index is -0.0612. The molecule has 5 nitrogen and oxygen atoms in total. The summed E-state index contributed by atoms with van der Waals surface area (Å²) in [6.45, 7) is 5.28. The lowest BCUT2D eigenvalue weighted by Crippen LogP contribution is -2.36. The Morgan fingerprint density at radius 1 is 1.29 bits per heavy atom. The van der Waals surface area contributed by atoms with E-state index in [1.807, 2.05) is 41.9 Å². The highest BCUT2D eigenvalue weighted by Gasteiger charge is 2.14. The smallest absolute Gasteiger partial charge is 0.0648 e. The number of rotatable bonds is 7. The van der Waals surface area contributed by atoms with Gasteiger partial charge in [-0.3, -0.25) is 0 Å². The van der Waals surface area contributed by atoms with Gasteiger partial charge in [-0.2, -0.15) is 5.10 Å². The second-order valence-corrected chi connectivity index (χ2v) is 5.11. The molecule has 0 radical (unpaired) electrons. The molecule has 1 aromatic carbocycles. The van der Waals surface area contributed by atoms with Crippen LogP contribution in [0.4, 0.5) is 0 Å². The van der Waals surface area contributed by atoms with Gasteiger partial charge in [-0.05, 0) is 26.0 Å². The lowest BCUT2D eigenvalue weighted by Gasteiger charge is -2.15. The number of hydrogen-bond donors (Lipinski definition) is 2. The van der Waals surface area contributed by atoms with E-state index >= 15 is 0 Å². The van der Waals surface area contributed by atoms with Crippen molar-refractivity contribution in [1.82, 2.24) is 15.1 Å². The van der Waals surface area contributed by atoms with E-state index in [-0.39, 0.29) is 12.6 Å². The van der Waals surface area contributed by atoms with Crippen molar-refractivity contribution in [2.75, 3.05) is 20.3 Å². The van der Waals surface area contributed by atoms with E-state index in [0.717, 1.165) is 22.6 Å². The van der Waals surface area contributed by atoms with E-state index in [0.29, 0.717) is 13.2 Å². The second kappa shape index (κ2) is 7.36. The Morgan fingerprint density at radius 3 is 2.62 bits per heavy atom. The Morgan fingerprint density at radius 2 is 2.00 bits per heavy atom. The zero-order chi connectivity index (χ0) is 15.2. The number of para-hydroxylation sites is 1. The summed E-state index contributed by atoms with van der Waals surface area (Å²) in [6, 6.07) is 10.0. The van der Waals surface area contributed by atoms with Crippen LogP contribution in [0.1, 0.15) is 17.0 Å². The molecule has 1 atom stereocenters. The number of hydrogen-bond acceptors (Lipinski definition) is 4. The number of nitrogens with one attached hydrogen (secondary N) is 1. The lowest BCUT2D eigenvalue weighted by molar-refractivity contribution is 0.128. The maximum absolute atomic E-state index is 9.29. The largest absolute Gasteiger partial charge is 0.395 e. The molecule has 114 valence electrons. The molecule has 0 aliphatic heterocycles. The Kier molecular flexibility index (Phi) is 5.50. The molecule has 0 aliphatic rings. The molecular formula is C16H23N3O2. The fourth-order valence-corrected chi connectivity index (χ4v) is 2.38. The summed E-state index contributed by atoms with van der Waals surface area (Å²) in [7, 11) is 1.63. The van der Waals surface area contributed by atoms with Gasteiger partial charge in [0.2, 0.25) is 0 Å². The number of aliphatic hydroxyl groups is 1. The summed E-state index contributed by atoms with van der Waals surface area (Å²) < 4.78 is 7.03. The Hall–Kier alpha value is -1.69. The van der Waals surface area contributed by atoms with Crippen LogP contribution in [0.3, 0.4) is 0 Å². The van der Waals surface area contributed by atoms with Crippen molar-refractivity contribution in [1.29, 1.82) is 0 Å². The van der Waals surface area contributed by atoms with E-state index < -0.39 is 0 Å². The molecule has 0 bridgehead atoms. The van der Waals surface area contributed by atoms with Crippen LogP contribution in [0.15, 0.2) is 30.3 Å². The first-order valence-electron chi connectivity index (χ1n) is 7.11. The maximum Gasteiger partial charge on any atom is 0.0648 e. The zero-order valence-electron chi connectivity index (χ0n) is 12.8. The quantitative estimate of drug-likeness (QED) is 0.812. The standard InChI is InChI=1S/C16H23N3O2/c1-12-16(9-17-14(10-20)11-21-3)13(2)19(18-12)15-7-5-4-6-8-15/h4-8,14,17,20H,9-11H2,1-3H3. The molecule has 2 rings (SSSR count). The molecule has 0 spiro atoms. The number of aliphatic hydroxyl groups excluding tert-OH is 1. The van der Waals surface area contributed by atoms with Gasteiger partial charge in [0.1, 0.15) is 0 Å². The summed E-state index contributed by atoms with van der Waals surface area (Å²) in [5.74, 6) is 0. The van der Waals surface area contributed by atoms with Crippen LogP contribution in [0.2, 0.25) is 0 Å². The highest BCUT2D eigenvalue weighted by atomic mass is 16.5. The number of benzene rings is 1. The highest BCUT2D eigenvalue weighted by Crippen LogP contribution is 2.17. The van der Waals surface area contributed by atoms with Crippen LogP contribution in [-0.2, 0) is 11.3 Å². The first-order valence-corrected chi connectivity index (χ1v) is 7.11. The normalized spacial score (nSPS) is 12.6. The minimum absolute atomic E-state index is 0.0543. The maximum atomic E-state index is 9.29. The van der Waals surface area contributed by atoms with Crippen LogP contribution in [0, 0.1) is 13.8 Å². The van der Waals surface area contributed by atoms with Gasteiger partial charge in [0.05, 0.1) is 30.6 Å². The third kappa shape index (κ3) is 3.69. The third-order valence-electron chi connectivity index (χ3n) is 3.60. The Bertz CT molecular complexity index is 566. The number of nitrogens with zero attached hydrogens (tertiary/aromatic N) is 2. The molecule has 21 heavy (non-hydrogen) atoms. The summed E-state index contributed by atoms with van der Waals surface area (Å²) in [5.41, 5.74) is 4.33. The fourth-order valence-electron chi connectivity index (χ4n) is 2.38. The van der Waals surface area contributed by atoms with E-state index in [4.69, 9.17) is 4.74 Å². The average molecular weight is 289 g/mol. The summed E-state index contributed by atoms with van der Waals surface area (Å²) in [4.78, 5) is 0. The van der Waals surface area contributed by atoms with Crippen LogP contribution in [0.25, 0.3) is 5.69 Å². The van der Waals surface area contributed by atoms with Crippen LogP contribution in [-0.4, -0.2) is 41.3 Å². The van der Waals surface area contributed by atoms with E-state index in [1.165, 1.54) is 0 Å². The lowest BCUT2D eigenvalue weighted by atomic mass is 10.2. The third-order valence-corrected chi connectivity index (χ3v) is 3.60. The molecule has 5 heteroatoms. The molecular weight excluding hydrogens is 266 g/mol. The predicted molar refractivity (Wildman–Crippen MR) is 82.6 cm³/mol. The van der Waals surface area contributed by atoms with Gasteiger partial charge in [0.15, 0.2) is 0 Å². The molecule has 1 heterocycles. The average Bonchev–Trinajstić information content (AvgIpc) is 2.79. The minimum Gasteiger partial charge on any atom is -0.395 e. The van der Waals surface area contributed by atoms with Gasteiger partial charge in [-0.15, -0.1) is 0 Å². The highest BCUT2D eigenvalue weighted by molar-refractivity contribution is 5.36. The number of methoxy groups -OCH3 is 1. The van der Waals surface area contributed by atoms with E-state index in [9.17, 15) is 5.11 Å². The van der Waals surface area contributed by atoms with Gasteiger partial charge in [-0.1, -0.05) is 18.2 Å². The molecule has 1 aromatic heterocycles. The van der Waals surface area contributed by atoms with Gasteiger partial charge in [0, 0.05) is 24.9 Å². The topological polar surface area (TPSA) is 59.3 Å². The van der Waals surface area contributed by atoms with Crippen molar-refractivity contribution in [3.8, 4) is 5.69 Å². The van der Waals surface area contributed by atoms with Crippen molar-refractivity contribution in [3.05, 3.63) is 47.3 Å². The van der Waals surface area contributed by atoms with Crippen molar-refractivity contribution in [2.45, 2.75) is 26.4 Å². The van der Waals surface area contributed by atoms with Crippen molar-refractivity contribution < 1.29 is 9.84 Å². The molecule has 0 amide bonds. The molecule has 0 aliphatic carbocycles. The van der Waals surface area contributed by atoms with Crippen molar-refractivity contribution >= 4 is 0 Å². The first kappa shape index (κ1) is 15.7. The van der Waals surface area contributed by atoms with E-state index in [1.54, 1.807) is 7.11 Å². The SMILES string of the molecule is COCC(CO)NCc1c(C)nn(-c2ccccc2)c1C. The number of aryl methyl sites for hydroxylation is 1. The monoisotopic (exact) mass is 289 g/mol. The Labute approximate surface area is 125 Å². The number of aromatic nitrogens is 2. The predicted octanol–water partition coefficient (Wildman–Crippen LogP) is 1.59. The van der Waals surface area contributed by atoms with Gasteiger partial charge in [-0.25, -0.2) is 4.68 Å². The molecule has 0 saturated carbocycles.